The molecule has 2 fully saturated rings. The lowest BCUT2D eigenvalue weighted by atomic mass is 9.63. The molecule has 0 aromatic carbocycles. The summed E-state index contributed by atoms with van der Waals surface area (Å²) in [5.74, 6) is -0.967. The van der Waals surface area contributed by atoms with Crippen LogP contribution in [-0.2, 0) is 19.9 Å². The molecule has 0 atom stereocenters. The zero-order chi connectivity index (χ0) is 22.0. The standard InChI is InChI=1S/C22H31BrN2O5/c1-20(2,3)30-19(28)25-12-10-21(11-13-25)6-8-22(9-7-21,29-15-18(26)27)16-4-5-17(23)24-14-16/h4-5,14H,6-13,15H2,1-3H3,(H,26,27). The van der Waals surface area contributed by atoms with E-state index in [1.165, 1.54) is 0 Å². The van der Waals surface area contributed by atoms with Crippen molar-refractivity contribution in [1.82, 2.24) is 9.88 Å². The Morgan fingerprint density at radius 2 is 1.77 bits per heavy atom. The van der Waals surface area contributed by atoms with Crippen LogP contribution in [-0.4, -0.2) is 52.4 Å². The summed E-state index contributed by atoms with van der Waals surface area (Å²) in [6.45, 7) is 6.70. The molecule has 3 rings (SSSR count). The molecule has 0 radical (unpaired) electrons. The molecule has 7 nitrogen and oxygen atoms in total. The third-order valence-corrected chi connectivity index (χ3v) is 6.79. The SMILES string of the molecule is CC(C)(C)OC(=O)N1CCC2(CC1)CCC(OCC(=O)O)(c1ccc(Br)nc1)CC2. The van der Waals surface area contributed by atoms with Gasteiger partial charge >= 0.3 is 12.1 Å². The molecule has 1 saturated carbocycles. The third kappa shape index (κ3) is 5.52. The normalized spacial score (nSPS) is 20.7. The van der Waals surface area contributed by atoms with E-state index >= 15 is 0 Å². The van der Waals surface area contributed by atoms with E-state index in [2.05, 4.69) is 20.9 Å². The van der Waals surface area contributed by atoms with Crippen molar-refractivity contribution in [2.75, 3.05) is 19.7 Å². The van der Waals surface area contributed by atoms with Gasteiger partial charge in [-0.2, -0.15) is 0 Å². The van der Waals surface area contributed by atoms with Crippen molar-refractivity contribution in [1.29, 1.82) is 0 Å². The summed E-state index contributed by atoms with van der Waals surface area (Å²) in [5.41, 5.74) is -0.0265. The number of aliphatic carboxylic acids is 1. The topological polar surface area (TPSA) is 89.0 Å². The van der Waals surface area contributed by atoms with Crippen LogP contribution in [0.2, 0.25) is 0 Å². The van der Waals surface area contributed by atoms with E-state index in [0.29, 0.717) is 13.1 Å². The number of likely N-dealkylation sites (tertiary alicyclic amines) is 1. The molecule has 8 heteroatoms. The van der Waals surface area contributed by atoms with E-state index in [1.807, 2.05) is 32.9 Å². The number of hydrogen-bond donors (Lipinski definition) is 1. The Hall–Kier alpha value is -1.67. The van der Waals surface area contributed by atoms with E-state index in [-0.39, 0.29) is 18.1 Å². The molecular formula is C22H31BrN2O5. The number of ether oxygens (including phenoxy) is 2. The smallest absolute Gasteiger partial charge is 0.410 e. The number of pyridine rings is 1. The largest absolute Gasteiger partial charge is 0.480 e. The lowest BCUT2D eigenvalue weighted by molar-refractivity contribution is -0.157. The van der Waals surface area contributed by atoms with Crippen LogP contribution in [0.3, 0.4) is 0 Å². The predicted molar refractivity (Wildman–Crippen MR) is 115 cm³/mol. The van der Waals surface area contributed by atoms with Gasteiger partial charge in [0, 0.05) is 24.8 Å². The zero-order valence-electron chi connectivity index (χ0n) is 17.9. The minimum absolute atomic E-state index is 0.164. The second-order valence-electron chi connectivity index (χ2n) is 9.51. The molecule has 0 unspecified atom stereocenters. The molecule has 30 heavy (non-hydrogen) atoms. The van der Waals surface area contributed by atoms with Crippen LogP contribution >= 0.6 is 15.9 Å². The fourth-order valence-electron chi connectivity index (χ4n) is 4.54. The van der Waals surface area contributed by atoms with E-state index in [4.69, 9.17) is 14.6 Å². The first-order valence-electron chi connectivity index (χ1n) is 10.5. The van der Waals surface area contributed by atoms with E-state index in [0.717, 1.165) is 48.7 Å². The highest BCUT2D eigenvalue weighted by atomic mass is 79.9. The lowest BCUT2D eigenvalue weighted by Gasteiger charge is -2.49. The fraction of sp³-hybridized carbons (Fsp3) is 0.682. The van der Waals surface area contributed by atoms with Crippen LogP contribution in [0, 0.1) is 5.41 Å². The number of carbonyl (C=O) groups excluding carboxylic acids is 1. The molecule has 1 aromatic heterocycles. The zero-order valence-corrected chi connectivity index (χ0v) is 19.5. The maximum atomic E-state index is 12.4. The van der Waals surface area contributed by atoms with Crippen LogP contribution in [0.15, 0.2) is 22.9 Å². The quantitative estimate of drug-likeness (QED) is 0.623. The summed E-state index contributed by atoms with van der Waals surface area (Å²) in [5, 5.41) is 9.16. The van der Waals surface area contributed by atoms with Gasteiger partial charge in [0.15, 0.2) is 0 Å². The highest BCUT2D eigenvalue weighted by Crippen LogP contribution is 2.52. The number of rotatable bonds is 4. The first-order valence-corrected chi connectivity index (χ1v) is 11.3. The van der Waals surface area contributed by atoms with Gasteiger partial charge in [-0.25, -0.2) is 14.6 Å². The van der Waals surface area contributed by atoms with Crippen LogP contribution in [0.4, 0.5) is 4.79 Å². The number of nitrogens with zero attached hydrogens (tertiary/aromatic N) is 2. The Kier molecular flexibility index (Phi) is 6.77. The van der Waals surface area contributed by atoms with Crippen LogP contribution in [0.1, 0.15) is 64.9 Å². The fourth-order valence-corrected chi connectivity index (χ4v) is 4.77. The van der Waals surface area contributed by atoms with Gasteiger partial charge in [0.05, 0.1) is 5.60 Å². The van der Waals surface area contributed by atoms with Crippen molar-refractivity contribution in [2.24, 2.45) is 5.41 Å². The molecule has 166 valence electrons. The molecule has 1 N–H and O–H groups in total. The number of hydrogen-bond acceptors (Lipinski definition) is 5. The Balaban J connectivity index is 1.66. The summed E-state index contributed by atoms with van der Waals surface area (Å²) >= 11 is 3.35. The van der Waals surface area contributed by atoms with Gasteiger partial charge in [-0.3, -0.25) is 0 Å². The predicted octanol–water partition coefficient (Wildman–Crippen LogP) is 4.73. The summed E-state index contributed by atoms with van der Waals surface area (Å²) in [4.78, 5) is 29.7. The highest BCUT2D eigenvalue weighted by Gasteiger charge is 2.46. The molecule has 1 spiro atoms. The maximum Gasteiger partial charge on any atom is 0.410 e. The summed E-state index contributed by atoms with van der Waals surface area (Å²) in [7, 11) is 0. The Morgan fingerprint density at radius 3 is 2.27 bits per heavy atom. The van der Waals surface area contributed by atoms with Crippen molar-refractivity contribution in [3.63, 3.8) is 0 Å². The minimum Gasteiger partial charge on any atom is -0.480 e. The molecule has 1 aliphatic heterocycles. The molecule has 2 heterocycles. The van der Waals surface area contributed by atoms with Gasteiger partial charge in [-0.1, -0.05) is 6.07 Å². The summed E-state index contributed by atoms with van der Waals surface area (Å²) in [6.07, 6.45) is 6.75. The minimum atomic E-state index is -0.967. The van der Waals surface area contributed by atoms with Crippen molar-refractivity contribution in [3.05, 3.63) is 28.5 Å². The van der Waals surface area contributed by atoms with E-state index in [9.17, 15) is 9.59 Å². The molecule has 1 aliphatic carbocycles. The third-order valence-electron chi connectivity index (χ3n) is 6.32. The maximum absolute atomic E-state index is 12.4. The molecule has 1 saturated heterocycles. The summed E-state index contributed by atoms with van der Waals surface area (Å²) in [6, 6.07) is 3.83. The number of piperidine rings is 1. The monoisotopic (exact) mass is 482 g/mol. The van der Waals surface area contributed by atoms with Crippen LogP contribution < -0.4 is 0 Å². The van der Waals surface area contributed by atoms with Gasteiger partial charge in [-0.15, -0.1) is 0 Å². The average molecular weight is 483 g/mol. The van der Waals surface area contributed by atoms with Gasteiger partial charge < -0.3 is 19.5 Å². The molecule has 1 amide bonds. The number of aromatic nitrogens is 1. The van der Waals surface area contributed by atoms with Gasteiger partial charge in [0.2, 0.25) is 0 Å². The molecular weight excluding hydrogens is 452 g/mol. The number of halogens is 1. The van der Waals surface area contributed by atoms with Crippen molar-refractivity contribution < 1.29 is 24.2 Å². The molecule has 0 bridgehead atoms. The summed E-state index contributed by atoms with van der Waals surface area (Å²) < 4.78 is 12.2. The second kappa shape index (κ2) is 8.83. The number of carbonyl (C=O) groups is 2. The Bertz CT molecular complexity index is 757. The number of amides is 1. The van der Waals surface area contributed by atoms with E-state index in [1.54, 1.807) is 11.1 Å². The molecule has 2 aliphatic rings. The number of carboxylic acids is 1. The average Bonchev–Trinajstić information content (AvgIpc) is 2.68. The first-order chi connectivity index (χ1) is 14.0. The Labute approximate surface area is 186 Å². The van der Waals surface area contributed by atoms with Crippen LogP contribution in [0.5, 0.6) is 0 Å². The van der Waals surface area contributed by atoms with Gasteiger partial charge in [0.1, 0.15) is 16.8 Å². The second-order valence-corrected chi connectivity index (χ2v) is 10.3. The van der Waals surface area contributed by atoms with Crippen LogP contribution in [0.25, 0.3) is 0 Å². The van der Waals surface area contributed by atoms with Crippen molar-refractivity contribution in [3.8, 4) is 0 Å². The van der Waals surface area contributed by atoms with Gasteiger partial charge in [0.25, 0.3) is 0 Å². The molecule has 1 aromatic rings. The Morgan fingerprint density at radius 1 is 1.13 bits per heavy atom. The first kappa shape index (κ1) is 23.0. The number of carboxylic acid groups (broad SMARTS) is 1. The van der Waals surface area contributed by atoms with Crippen molar-refractivity contribution in [2.45, 2.75) is 70.5 Å². The van der Waals surface area contributed by atoms with Gasteiger partial charge in [-0.05, 0) is 86.7 Å². The van der Waals surface area contributed by atoms with E-state index < -0.39 is 17.2 Å². The lowest BCUT2D eigenvalue weighted by Crippen LogP contribution is -2.48. The van der Waals surface area contributed by atoms with Crippen molar-refractivity contribution >= 4 is 28.0 Å². The highest BCUT2D eigenvalue weighted by molar-refractivity contribution is 9.10.